The molecule has 3 nitrogen and oxygen atoms in total. The fourth-order valence-corrected chi connectivity index (χ4v) is 1.86. The zero-order valence-electron chi connectivity index (χ0n) is 10.5. The number of alkyl halides is 1. The van der Waals surface area contributed by atoms with Gasteiger partial charge < -0.3 is 4.90 Å². The fourth-order valence-electron chi connectivity index (χ4n) is 1.73. The highest BCUT2D eigenvalue weighted by Gasteiger charge is 2.13. The van der Waals surface area contributed by atoms with E-state index in [1.165, 1.54) is 0 Å². The monoisotopic (exact) mass is 264 g/mol. The summed E-state index contributed by atoms with van der Waals surface area (Å²) in [7, 11) is 0. The van der Waals surface area contributed by atoms with Crippen LogP contribution >= 0.6 is 11.6 Å². The average Bonchev–Trinajstić information content (AvgIpc) is 2.42. The van der Waals surface area contributed by atoms with Crippen LogP contribution in [0.15, 0.2) is 24.3 Å². The minimum Gasteiger partial charge on any atom is -0.339 e. The van der Waals surface area contributed by atoms with Crippen LogP contribution in [0.2, 0.25) is 0 Å². The van der Waals surface area contributed by atoms with Gasteiger partial charge >= 0.3 is 0 Å². The molecular formula is C14H17ClN2O. The number of amides is 1. The lowest BCUT2D eigenvalue weighted by molar-refractivity contribution is -0.131. The van der Waals surface area contributed by atoms with Crippen molar-refractivity contribution in [2.75, 3.05) is 12.4 Å². The van der Waals surface area contributed by atoms with Crippen LogP contribution in [0.3, 0.4) is 0 Å². The summed E-state index contributed by atoms with van der Waals surface area (Å²) < 4.78 is 0. The molecule has 0 N–H and O–H groups in total. The van der Waals surface area contributed by atoms with E-state index < -0.39 is 0 Å². The molecule has 0 aliphatic heterocycles. The van der Waals surface area contributed by atoms with Crippen molar-refractivity contribution in [1.82, 2.24) is 4.90 Å². The predicted molar refractivity (Wildman–Crippen MR) is 72.2 cm³/mol. The van der Waals surface area contributed by atoms with Crippen molar-refractivity contribution in [3.63, 3.8) is 0 Å². The van der Waals surface area contributed by atoms with Crippen LogP contribution in [-0.4, -0.2) is 23.2 Å². The third-order valence-corrected chi connectivity index (χ3v) is 3.02. The van der Waals surface area contributed by atoms with Crippen LogP contribution in [0, 0.1) is 11.3 Å². The van der Waals surface area contributed by atoms with Gasteiger partial charge in [0.1, 0.15) is 0 Å². The molecule has 0 aliphatic rings. The van der Waals surface area contributed by atoms with E-state index in [4.69, 9.17) is 16.9 Å². The van der Waals surface area contributed by atoms with Crippen molar-refractivity contribution >= 4 is 17.5 Å². The molecule has 0 unspecified atom stereocenters. The maximum absolute atomic E-state index is 11.9. The Morgan fingerprint density at radius 3 is 2.78 bits per heavy atom. The zero-order valence-corrected chi connectivity index (χ0v) is 11.3. The Morgan fingerprint density at radius 2 is 2.17 bits per heavy atom. The van der Waals surface area contributed by atoms with E-state index in [0.29, 0.717) is 37.4 Å². The van der Waals surface area contributed by atoms with E-state index >= 15 is 0 Å². The van der Waals surface area contributed by atoms with Gasteiger partial charge in [0, 0.05) is 25.4 Å². The number of nitrogens with zero attached hydrogens (tertiary/aromatic N) is 2. The highest BCUT2D eigenvalue weighted by Crippen LogP contribution is 2.12. The van der Waals surface area contributed by atoms with E-state index in [-0.39, 0.29) is 5.91 Å². The van der Waals surface area contributed by atoms with Crippen LogP contribution in [0.5, 0.6) is 0 Å². The first-order valence-corrected chi connectivity index (χ1v) is 6.58. The number of benzene rings is 1. The quantitative estimate of drug-likeness (QED) is 0.742. The van der Waals surface area contributed by atoms with E-state index in [1.54, 1.807) is 11.0 Å². The van der Waals surface area contributed by atoms with Crippen LogP contribution in [-0.2, 0) is 11.3 Å². The van der Waals surface area contributed by atoms with Gasteiger partial charge in [0.05, 0.1) is 11.6 Å². The van der Waals surface area contributed by atoms with Crippen molar-refractivity contribution in [1.29, 1.82) is 5.26 Å². The normalized spacial score (nSPS) is 9.83. The molecular weight excluding hydrogens is 248 g/mol. The predicted octanol–water partition coefficient (Wildman–Crippen LogP) is 2.93. The van der Waals surface area contributed by atoms with E-state index in [9.17, 15) is 4.79 Å². The van der Waals surface area contributed by atoms with Gasteiger partial charge in [-0.1, -0.05) is 18.2 Å². The molecule has 1 rings (SSSR count). The molecule has 0 aliphatic carbocycles. The van der Waals surface area contributed by atoms with Crippen LogP contribution in [0.1, 0.15) is 30.9 Å². The number of carbonyl (C=O) groups is 1. The second-order valence-corrected chi connectivity index (χ2v) is 4.35. The highest BCUT2D eigenvalue weighted by molar-refractivity contribution is 6.17. The molecule has 0 saturated heterocycles. The van der Waals surface area contributed by atoms with Gasteiger partial charge in [0.15, 0.2) is 0 Å². The molecule has 0 atom stereocenters. The van der Waals surface area contributed by atoms with Crippen molar-refractivity contribution < 1.29 is 4.79 Å². The largest absolute Gasteiger partial charge is 0.339 e. The maximum Gasteiger partial charge on any atom is 0.222 e. The first-order chi connectivity index (χ1) is 8.72. The molecule has 1 amide bonds. The third-order valence-electron chi connectivity index (χ3n) is 2.76. The molecule has 0 bridgehead atoms. The number of halogens is 1. The Labute approximate surface area is 113 Å². The minimum atomic E-state index is 0.0888. The molecule has 1 aromatic rings. The summed E-state index contributed by atoms with van der Waals surface area (Å²) >= 11 is 5.59. The van der Waals surface area contributed by atoms with Crippen LogP contribution < -0.4 is 0 Å². The summed E-state index contributed by atoms with van der Waals surface area (Å²) in [6.45, 7) is 3.07. The Hall–Kier alpha value is -1.53. The summed E-state index contributed by atoms with van der Waals surface area (Å²) in [4.78, 5) is 13.7. The fraction of sp³-hybridized carbons (Fsp3) is 0.429. The van der Waals surface area contributed by atoms with Gasteiger partial charge in [0.2, 0.25) is 5.91 Å². The van der Waals surface area contributed by atoms with Crippen LogP contribution in [0.4, 0.5) is 0 Å². The molecule has 0 radical (unpaired) electrons. The van der Waals surface area contributed by atoms with Crippen molar-refractivity contribution in [2.45, 2.75) is 26.3 Å². The number of carbonyl (C=O) groups excluding carboxylic acids is 1. The van der Waals surface area contributed by atoms with Gasteiger partial charge in [0.25, 0.3) is 0 Å². The second kappa shape index (κ2) is 7.73. The summed E-state index contributed by atoms with van der Waals surface area (Å²) in [6, 6.07) is 9.51. The van der Waals surface area contributed by atoms with Gasteiger partial charge in [-0.05, 0) is 25.0 Å². The number of hydrogen-bond donors (Lipinski definition) is 0. The molecule has 0 saturated carbocycles. The SMILES string of the molecule is CCN(Cc1ccccc1C#N)C(=O)CCCCl. The average molecular weight is 265 g/mol. The first-order valence-electron chi connectivity index (χ1n) is 6.04. The van der Waals surface area contributed by atoms with E-state index in [0.717, 1.165) is 5.56 Å². The molecule has 0 fully saturated rings. The maximum atomic E-state index is 11.9. The van der Waals surface area contributed by atoms with Gasteiger partial charge in [-0.2, -0.15) is 5.26 Å². The Bertz CT molecular complexity index is 440. The summed E-state index contributed by atoms with van der Waals surface area (Å²) in [5.74, 6) is 0.587. The molecule has 18 heavy (non-hydrogen) atoms. The number of rotatable bonds is 6. The molecule has 0 spiro atoms. The molecule has 4 heteroatoms. The molecule has 1 aromatic carbocycles. The lowest BCUT2D eigenvalue weighted by Gasteiger charge is -2.21. The molecule has 96 valence electrons. The lowest BCUT2D eigenvalue weighted by Crippen LogP contribution is -2.30. The van der Waals surface area contributed by atoms with E-state index in [1.807, 2.05) is 25.1 Å². The van der Waals surface area contributed by atoms with Crippen molar-refractivity contribution in [3.05, 3.63) is 35.4 Å². The summed E-state index contributed by atoms with van der Waals surface area (Å²) in [6.07, 6.45) is 1.16. The Kier molecular flexibility index (Phi) is 6.24. The highest BCUT2D eigenvalue weighted by atomic mass is 35.5. The van der Waals surface area contributed by atoms with Gasteiger partial charge in [-0.15, -0.1) is 11.6 Å². The number of nitriles is 1. The molecule has 0 heterocycles. The van der Waals surface area contributed by atoms with E-state index in [2.05, 4.69) is 6.07 Å². The minimum absolute atomic E-state index is 0.0888. The summed E-state index contributed by atoms with van der Waals surface area (Å²) in [5, 5.41) is 9.01. The Morgan fingerprint density at radius 1 is 1.44 bits per heavy atom. The van der Waals surface area contributed by atoms with Crippen LogP contribution in [0.25, 0.3) is 0 Å². The van der Waals surface area contributed by atoms with Gasteiger partial charge in [-0.3, -0.25) is 4.79 Å². The zero-order chi connectivity index (χ0) is 13.4. The second-order valence-electron chi connectivity index (χ2n) is 3.97. The van der Waals surface area contributed by atoms with Crippen molar-refractivity contribution in [2.24, 2.45) is 0 Å². The first kappa shape index (κ1) is 14.5. The lowest BCUT2D eigenvalue weighted by atomic mass is 10.1. The number of hydrogen-bond acceptors (Lipinski definition) is 2. The Balaban J connectivity index is 2.74. The standard InChI is InChI=1S/C14H17ClN2O/c1-2-17(14(18)8-5-9-15)11-13-7-4-3-6-12(13)10-16/h3-4,6-7H,2,5,8-9,11H2,1H3. The van der Waals surface area contributed by atoms with Crippen molar-refractivity contribution in [3.8, 4) is 6.07 Å². The topological polar surface area (TPSA) is 44.1 Å². The summed E-state index contributed by atoms with van der Waals surface area (Å²) in [5.41, 5.74) is 1.52. The smallest absolute Gasteiger partial charge is 0.222 e. The molecule has 0 aromatic heterocycles. The van der Waals surface area contributed by atoms with Gasteiger partial charge in [-0.25, -0.2) is 0 Å². The third kappa shape index (κ3) is 4.05.